The minimum Gasteiger partial charge on any atom is -0.454 e. The van der Waals surface area contributed by atoms with Crippen molar-refractivity contribution < 1.29 is 14.3 Å². The van der Waals surface area contributed by atoms with Crippen LogP contribution in [0.5, 0.6) is 11.5 Å². The second-order valence-corrected chi connectivity index (χ2v) is 6.19. The van der Waals surface area contributed by atoms with Gasteiger partial charge in [-0.15, -0.1) is 0 Å². The Labute approximate surface area is 151 Å². The van der Waals surface area contributed by atoms with Crippen molar-refractivity contribution in [3.63, 3.8) is 0 Å². The molecule has 1 aromatic carbocycles. The second-order valence-electron chi connectivity index (χ2n) is 6.19. The summed E-state index contributed by atoms with van der Waals surface area (Å²) < 4.78 is 10.6. The zero-order chi connectivity index (χ0) is 17.9. The summed E-state index contributed by atoms with van der Waals surface area (Å²) in [5, 5.41) is 2.84. The Morgan fingerprint density at radius 2 is 1.96 bits per heavy atom. The first-order valence-electron chi connectivity index (χ1n) is 8.74. The smallest absolute Gasteiger partial charge is 0.274 e. The molecule has 0 radical (unpaired) electrons. The Morgan fingerprint density at radius 3 is 2.77 bits per heavy atom. The molecule has 0 saturated carbocycles. The zero-order valence-corrected chi connectivity index (χ0v) is 14.6. The Hall–Kier alpha value is -2.87. The second kappa shape index (κ2) is 7.17. The first kappa shape index (κ1) is 16.6. The third-order valence-corrected chi connectivity index (χ3v) is 4.61. The normalized spacial score (nSPS) is 16.6. The van der Waals surface area contributed by atoms with Crippen LogP contribution in [-0.2, 0) is 0 Å². The number of hydrogen-bond donors (Lipinski definition) is 1. The fourth-order valence-corrected chi connectivity index (χ4v) is 3.06. The van der Waals surface area contributed by atoms with Gasteiger partial charge in [0.1, 0.15) is 5.69 Å². The van der Waals surface area contributed by atoms with Crippen LogP contribution in [0.3, 0.4) is 0 Å². The average Bonchev–Trinajstić information content (AvgIpc) is 3.16. The number of fused-ring (bicyclic) bond motifs is 1. The van der Waals surface area contributed by atoms with Gasteiger partial charge in [0, 0.05) is 44.1 Å². The van der Waals surface area contributed by atoms with Crippen molar-refractivity contribution in [2.75, 3.05) is 49.7 Å². The van der Waals surface area contributed by atoms with E-state index in [-0.39, 0.29) is 12.7 Å². The molecule has 0 spiro atoms. The molecule has 136 valence electrons. The third kappa shape index (κ3) is 3.41. The molecule has 1 saturated heterocycles. The largest absolute Gasteiger partial charge is 0.454 e. The van der Waals surface area contributed by atoms with Crippen molar-refractivity contribution in [1.29, 1.82) is 0 Å². The number of hydrogen-bond acceptors (Lipinski definition) is 7. The maximum Gasteiger partial charge on any atom is 0.274 e. The number of aromatic nitrogens is 2. The minimum atomic E-state index is -0.278. The minimum absolute atomic E-state index is 0.202. The number of ether oxygens (including phenoxy) is 2. The summed E-state index contributed by atoms with van der Waals surface area (Å²) in [6.07, 6.45) is 1.63. The van der Waals surface area contributed by atoms with E-state index in [0.717, 1.165) is 32.7 Å². The first-order chi connectivity index (χ1) is 12.7. The van der Waals surface area contributed by atoms with E-state index in [9.17, 15) is 4.79 Å². The number of nitrogens with zero attached hydrogens (tertiary/aromatic N) is 4. The highest BCUT2D eigenvalue weighted by atomic mass is 16.7. The van der Waals surface area contributed by atoms with Crippen LogP contribution < -0.4 is 19.7 Å². The van der Waals surface area contributed by atoms with Crippen LogP contribution in [0, 0.1) is 0 Å². The highest BCUT2D eigenvalue weighted by molar-refractivity contribution is 6.03. The fraction of sp³-hybridized carbons (Fsp3) is 0.389. The van der Waals surface area contributed by atoms with Crippen LogP contribution in [0.4, 0.5) is 11.6 Å². The molecule has 4 rings (SSSR count). The third-order valence-electron chi connectivity index (χ3n) is 4.61. The lowest BCUT2D eigenvalue weighted by Crippen LogP contribution is -2.46. The van der Waals surface area contributed by atoms with E-state index >= 15 is 0 Å². The molecule has 0 aliphatic carbocycles. The van der Waals surface area contributed by atoms with Crippen LogP contribution in [0.2, 0.25) is 0 Å². The van der Waals surface area contributed by atoms with Gasteiger partial charge in [-0.2, -0.15) is 0 Å². The summed E-state index contributed by atoms with van der Waals surface area (Å²) in [5.74, 6) is 1.62. The summed E-state index contributed by atoms with van der Waals surface area (Å²) in [6, 6.07) is 6.91. The number of carbonyl (C=O) groups excluding carboxylic acids is 1. The molecule has 1 N–H and O–H groups in total. The van der Waals surface area contributed by atoms with Gasteiger partial charge in [-0.05, 0) is 24.7 Å². The van der Waals surface area contributed by atoms with Gasteiger partial charge in [0.25, 0.3) is 5.91 Å². The quantitative estimate of drug-likeness (QED) is 0.892. The number of likely N-dealkylation sites (N-methyl/N-ethyl adjacent to an activating group) is 1. The molecule has 0 bridgehead atoms. The Morgan fingerprint density at radius 1 is 1.15 bits per heavy atom. The SMILES string of the molecule is CCN1CCN(c2nccc(C(=O)Nc3ccc4c(c3)OCO4)n2)CC1. The molecule has 2 aliphatic heterocycles. The van der Waals surface area contributed by atoms with Crippen LogP contribution in [-0.4, -0.2) is 60.3 Å². The molecular weight excluding hydrogens is 334 g/mol. The fourth-order valence-electron chi connectivity index (χ4n) is 3.06. The van der Waals surface area contributed by atoms with Gasteiger partial charge in [0.05, 0.1) is 0 Å². The summed E-state index contributed by atoms with van der Waals surface area (Å²) in [5.41, 5.74) is 0.974. The predicted octanol–water partition coefficient (Wildman–Crippen LogP) is 1.60. The number of nitrogens with one attached hydrogen (secondary N) is 1. The molecule has 2 aromatic rings. The molecule has 3 heterocycles. The average molecular weight is 355 g/mol. The van der Waals surface area contributed by atoms with E-state index in [2.05, 4.69) is 32.0 Å². The summed E-state index contributed by atoms with van der Waals surface area (Å²) >= 11 is 0. The van der Waals surface area contributed by atoms with Gasteiger partial charge in [-0.3, -0.25) is 4.79 Å². The van der Waals surface area contributed by atoms with Crippen molar-refractivity contribution in [3.8, 4) is 11.5 Å². The van der Waals surface area contributed by atoms with E-state index in [4.69, 9.17) is 9.47 Å². The predicted molar refractivity (Wildman–Crippen MR) is 96.9 cm³/mol. The first-order valence-corrected chi connectivity index (χ1v) is 8.74. The van der Waals surface area contributed by atoms with Crippen molar-refractivity contribution in [1.82, 2.24) is 14.9 Å². The molecule has 1 aromatic heterocycles. The van der Waals surface area contributed by atoms with Crippen LogP contribution in [0.1, 0.15) is 17.4 Å². The highest BCUT2D eigenvalue weighted by Gasteiger charge is 2.20. The summed E-state index contributed by atoms with van der Waals surface area (Å²) in [7, 11) is 0. The lowest BCUT2D eigenvalue weighted by molar-refractivity contribution is 0.102. The number of anilines is 2. The van der Waals surface area contributed by atoms with Gasteiger partial charge in [-0.25, -0.2) is 9.97 Å². The van der Waals surface area contributed by atoms with E-state index in [1.54, 1.807) is 30.5 Å². The number of carbonyl (C=O) groups is 1. The zero-order valence-electron chi connectivity index (χ0n) is 14.6. The van der Waals surface area contributed by atoms with E-state index in [1.165, 1.54) is 0 Å². The molecule has 0 atom stereocenters. The molecule has 8 heteroatoms. The lowest BCUT2D eigenvalue weighted by Gasteiger charge is -2.34. The Balaban J connectivity index is 1.45. The van der Waals surface area contributed by atoms with Gasteiger partial charge < -0.3 is 24.6 Å². The molecule has 0 unspecified atom stereocenters. The van der Waals surface area contributed by atoms with Crippen LogP contribution >= 0.6 is 0 Å². The number of piperazine rings is 1. The Kier molecular flexibility index (Phi) is 4.57. The van der Waals surface area contributed by atoms with E-state index in [0.29, 0.717) is 28.8 Å². The monoisotopic (exact) mass is 355 g/mol. The van der Waals surface area contributed by atoms with Crippen molar-refractivity contribution in [2.45, 2.75) is 6.92 Å². The van der Waals surface area contributed by atoms with Gasteiger partial charge in [-0.1, -0.05) is 6.92 Å². The summed E-state index contributed by atoms with van der Waals surface area (Å²) in [4.78, 5) is 25.8. The summed E-state index contributed by atoms with van der Waals surface area (Å²) in [6.45, 7) is 7.09. The number of benzene rings is 1. The lowest BCUT2D eigenvalue weighted by atomic mass is 10.2. The standard InChI is InChI=1S/C18H21N5O3/c1-2-22-7-9-23(10-8-22)18-19-6-5-14(21-18)17(24)20-13-3-4-15-16(11-13)26-12-25-15/h3-6,11H,2,7-10,12H2,1H3,(H,20,24). The Bertz CT molecular complexity index is 805. The van der Waals surface area contributed by atoms with Crippen molar-refractivity contribution in [3.05, 3.63) is 36.2 Å². The maximum absolute atomic E-state index is 12.5. The molecular formula is C18H21N5O3. The van der Waals surface area contributed by atoms with Crippen molar-refractivity contribution in [2.24, 2.45) is 0 Å². The van der Waals surface area contributed by atoms with Gasteiger partial charge in [0.2, 0.25) is 12.7 Å². The molecule has 2 aliphatic rings. The van der Waals surface area contributed by atoms with E-state index in [1.807, 2.05) is 0 Å². The topological polar surface area (TPSA) is 79.8 Å². The van der Waals surface area contributed by atoms with Gasteiger partial charge in [0.15, 0.2) is 11.5 Å². The van der Waals surface area contributed by atoms with Gasteiger partial charge >= 0.3 is 0 Å². The molecule has 1 fully saturated rings. The number of rotatable bonds is 4. The highest BCUT2D eigenvalue weighted by Crippen LogP contribution is 2.34. The number of amides is 1. The molecule has 26 heavy (non-hydrogen) atoms. The molecule has 8 nitrogen and oxygen atoms in total. The van der Waals surface area contributed by atoms with E-state index < -0.39 is 0 Å². The van der Waals surface area contributed by atoms with Crippen LogP contribution in [0.25, 0.3) is 0 Å². The van der Waals surface area contributed by atoms with Crippen molar-refractivity contribution >= 4 is 17.5 Å². The van der Waals surface area contributed by atoms with Crippen LogP contribution in [0.15, 0.2) is 30.5 Å². The maximum atomic E-state index is 12.5. The molecule has 1 amide bonds.